The third-order valence-electron chi connectivity index (χ3n) is 5.49. The summed E-state index contributed by atoms with van der Waals surface area (Å²) >= 11 is 1.74. The second-order valence-corrected chi connectivity index (χ2v) is 8.49. The number of nitrogens with zero attached hydrogens (tertiary/aromatic N) is 4. The van der Waals surface area contributed by atoms with E-state index >= 15 is 0 Å². The number of benzene rings is 1. The summed E-state index contributed by atoms with van der Waals surface area (Å²) in [6.07, 6.45) is 5.52. The minimum absolute atomic E-state index is 0.748. The van der Waals surface area contributed by atoms with Gasteiger partial charge in [-0.2, -0.15) is 0 Å². The zero-order valence-electron chi connectivity index (χ0n) is 17.5. The summed E-state index contributed by atoms with van der Waals surface area (Å²) in [6, 6.07) is 10.5. The van der Waals surface area contributed by atoms with Gasteiger partial charge in [0.2, 0.25) is 0 Å². The van der Waals surface area contributed by atoms with E-state index in [-0.39, 0.29) is 0 Å². The molecule has 160 valence electrons. The predicted octanol–water partition coefficient (Wildman–Crippen LogP) is 3.91. The topological polar surface area (TPSA) is 63.9 Å². The molecule has 0 spiro atoms. The Bertz CT molecular complexity index is 1150. The molecule has 1 aliphatic rings. The van der Waals surface area contributed by atoms with E-state index < -0.39 is 0 Å². The molecule has 1 aromatic carbocycles. The maximum absolute atomic E-state index is 5.66. The zero-order valence-corrected chi connectivity index (χ0v) is 18.3. The summed E-state index contributed by atoms with van der Waals surface area (Å²) in [5.74, 6) is 1.86. The average molecular weight is 436 g/mol. The van der Waals surface area contributed by atoms with Crippen molar-refractivity contribution in [2.45, 2.75) is 13.1 Å². The average Bonchev–Trinajstić information content (AvgIpc) is 3.46. The summed E-state index contributed by atoms with van der Waals surface area (Å²) in [5.41, 5.74) is 3.94. The molecule has 4 aromatic rings. The smallest absolute Gasteiger partial charge is 0.157 e. The number of rotatable bonds is 7. The minimum atomic E-state index is 0.748. The molecule has 1 aliphatic heterocycles. The van der Waals surface area contributed by atoms with Crippen molar-refractivity contribution in [3.05, 3.63) is 64.7 Å². The molecule has 1 saturated heterocycles. The first-order valence-electron chi connectivity index (χ1n) is 10.4. The van der Waals surface area contributed by atoms with Gasteiger partial charge in [0.15, 0.2) is 5.65 Å². The Kier molecular flexibility index (Phi) is 5.84. The van der Waals surface area contributed by atoms with Gasteiger partial charge in [0.25, 0.3) is 0 Å². The summed E-state index contributed by atoms with van der Waals surface area (Å²) in [6.45, 7) is 4.99. The fourth-order valence-corrected chi connectivity index (χ4v) is 4.56. The molecule has 8 heteroatoms. The molecule has 7 nitrogen and oxygen atoms in total. The molecule has 0 unspecified atom stereocenters. The monoisotopic (exact) mass is 435 g/mol. The highest BCUT2D eigenvalue weighted by atomic mass is 32.1. The second kappa shape index (κ2) is 9.05. The fraction of sp³-hybridized carbons (Fsp3) is 0.304. The Balaban J connectivity index is 1.51. The van der Waals surface area contributed by atoms with Gasteiger partial charge in [0, 0.05) is 48.0 Å². The fourth-order valence-electron chi connectivity index (χ4n) is 3.91. The first-order valence-corrected chi connectivity index (χ1v) is 11.3. The quantitative estimate of drug-likeness (QED) is 0.475. The van der Waals surface area contributed by atoms with Crippen LogP contribution in [0.15, 0.2) is 54.3 Å². The summed E-state index contributed by atoms with van der Waals surface area (Å²) in [7, 11) is 1.72. The van der Waals surface area contributed by atoms with Crippen molar-refractivity contribution in [1.29, 1.82) is 0 Å². The number of fused-ring (bicyclic) bond motifs is 1. The Hall–Kier alpha value is -2.94. The molecule has 0 bridgehead atoms. The number of hydrogen-bond donors (Lipinski definition) is 1. The molecule has 0 aliphatic carbocycles. The summed E-state index contributed by atoms with van der Waals surface area (Å²) in [4.78, 5) is 12.8. The minimum Gasteiger partial charge on any atom is -0.496 e. The number of nitrogens with one attached hydrogen (secondary N) is 1. The van der Waals surface area contributed by atoms with Crippen molar-refractivity contribution in [2.75, 3.05) is 38.7 Å². The van der Waals surface area contributed by atoms with Crippen molar-refractivity contribution in [2.24, 2.45) is 0 Å². The van der Waals surface area contributed by atoms with Gasteiger partial charge < -0.3 is 14.8 Å². The maximum Gasteiger partial charge on any atom is 0.157 e. The van der Waals surface area contributed by atoms with Crippen molar-refractivity contribution in [1.82, 2.24) is 19.3 Å². The third kappa shape index (κ3) is 4.27. The number of imidazole rings is 1. The number of methoxy groups -OCH3 is 1. The standard InChI is InChI=1S/C23H25N5O2S/c1-29-20-5-4-17(13-18(20)16-27-8-10-30-11-9-27)22-23(25-14-19-3-2-12-31-19)28-7-6-24-15-21(28)26-22/h2-7,12-13,15,25H,8-11,14,16H2,1H3. The van der Waals surface area contributed by atoms with E-state index in [0.29, 0.717) is 0 Å². The number of aromatic nitrogens is 3. The number of thiophene rings is 1. The van der Waals surface area contributed by atoms with Crippen LogP contribution < -0.4 is 10.1 Å². The number of ether oxygens (including phenoxy) is 2. The molecule has 4 heterocycles. The van der Waals surface area contributed by atoms with Gasteiger partial charge in [-0.15, -0.1) is 11.3 Å². The lowest BCUT2D eigenvalue weighted by molar-refractivity contribution is 0.0339. The first kappa shape index (κ1) is 20.0. The van der Waals surface area contributed by atoms with Crippen LogP contribution >= 0.6 is 11.3 Å². The first-order chi connectivity index (χ1) is 15.3. The molecular formula is C23H25N5O2S. The molecule has 31 heavy (non-hydrogen) atoms. The Morgan fingerprint density at radius 3 is 2.94 bits per heavy atom. The van der Waals surface area contributed by atoms with Gasteiger partial charge in [-0.05, 0) is 29.6 Å². The van der Waals surface area contributed by atoms with Crippen molar-refractivity contribution >= 4 is 22.8 Å². The van der Waals surface area contributed by atoms with Gasteiger partial charge in [0.05, 0.1) is 33.1 Å². The normalized spacial score (nSPS) is 14.7. The van der Waals surface area contributed by atoms with Gasteiger partial charge in [-0.3, -0.25) is 14.3 Å². The van der Waals surface area contributed by atoms with Crippen LogP contribution in [0, 0.1) is 0 Å². The number of anilines is 1. The highest BCUT2D eigenvalue weighted by Crippen LogP contribution is 2.33. The van der Waals surface area contributed by atoms with Crippen LogP contribution in [0.2, 0.25) is 0 Å². The van der Waals surface area contributed by atoms with Crippen LogP contribution in [0.5, 0.6) is 5.75 Å². The van der Waals surface area contributed by atoms with E-state index in [4.69, 9.17) is 14.5 Å². The maximum atomic E-state index is 5.66. The van der Waals surface area contributed by atoms with Gasteiger partial charge >= 0.3 is 0 Å². The lowest BCUT2D eigenvalue weighted by atomic mass is 10.1. The number of morpholine rings is 1. The molecule has 0 amide bonds. The highest BCUT2D eigenvalue weighted by Gasteiger charge is 2.18. The summed E-state index contributed by atoms with van der Waals surface area (Å²) in [5, 5.41) is 5.69. The largest absolute Gasteiger partial charge is 0.496 e. The van der Waals surface area contributed by atoms with E-state index in [9.17, 15) is 0 Å². The van der Waals surface area contributed by atoms with Crippen LogP contribution in [0.25, 0.3) is 16.9 Å². The second-order valence-electron chi connectivity index (χ2n) is 7.46. The van der Waals surface area contributed by atoms with Crippen LogP contribution in [0.1, 0.15) is 10.4 Å². The molecule has 3 aromatic heterocycles. The van der Waals surface area contributed by atoms with E-state index in [2.05, 4.69) is 49.2 Å². The van der Waals surface area contributed by atoms with Gasteiger partial charge in [0.1, 0.15) is 17.3 Å². The van der Waals surface area contributed by atoms with Crippen molar-refractivity contribution in [3.8, 4) is 17.0 Å². The number of hydrogen-bond acceptors (Lipinski definition) is 7. The molecule has 0 saturated carbocycles. The molecule has 0 radical (unpaired) electrons. The molecule has 1 fully saturated rings. The Labute approximate surface area is 185 Å². The Morgan fingerprint density at radius 2 is 2.13 bits per heavy atom. The SMILES string of the molecule is COc1ccc(-c2nc3cnccn3c2NCc2cccs2)cc1CN1CCOCC1. The van der Waals surface area contributed by atoms with Gasteiger partial charge in [-0.25, -0.2) is 4.98 Å². The Morgan fingerprint density at radius 1 is 1.23 bits per heavy atom. The van der Waals surface area contributed by atoms with Crippen LogP contribution in [0.3, 0.4) is 0 Å². The van der Waals surface area contributed by atoms with Crippen molar-refractivity contribution < 1.29 is 9.47 Å². The van der Waals surface area contributed by atoms with Gasteiger partial charge in [-0.1, -0.05) is 6.07 Å². The zero-order chi connectivity index (χ0) is 21.0. The van der Waals surface area contributed by atoms with Crippen LogP contribution in [0.4, 0.5) is 5.82 Å². The predicted molar refractivity (Wildman–Crippen MR) is 123 cm³/mol. The lowest BCUT2D eigenvalue weighted by Gasteiger charge is -2.27. The molecule has 5 rings (SSSR count). The highest BCUT2D eigenvalue weighted by molar-refractivity contribution is 7.09. The van der Waals surface area contributed by atoms with E-state index in [0.717, 1.165) is 73.4 Å². The lowest BCUT2D eigenvalue weighted by Crippen LogP contribution is -2.35. The summed E-state index contributed by atoms with van der Waals surface area (Å²) < 4.78 is 13.2. The van der Waals surface area contributed by atoms with Crippen molar-refractivity contribution in [3.63, 3.8) is 0 Å². The molecule has 0 atom stereocenters. The van der Waals surface area contributed by atoms with E-state index in [1.165, 1.54) is 4.88 Å². The van der Waals surface area contributed by atoms with Crippen LogP contribution in [-0.2, 0) is 17.8 Å². The third-order valence-corrected chi connectivity index (χ3v) is 6.37. The van der Waals surface area contributed by atoms with E-state index in [1.54, 1.807) is 30.8 Å². The van der Waals surface area contributed by atoms with E-state index in [1.807, 2.05) is 12.3 Å². The molecular weight excluding hydrogens is 410 g/mol. The molecule has 1 N–H and O–H groups in total. The van der Waals surface area contributed by atoms with Crippen LogP contribution in [-0.4, -0.2) is 52.7 Å².